The summed E-state index contributed by atoms with van der Waals surface area (Å²) in [5.74, 6) is 0.659. The van der Waals surface area contributed by atoms with Crippen molar-refractivity contribution < 1.29 is 0 Å². The molecule has 0 aliphatic rings. The summed E-state index contributed by atoms with van der Waals surface area (Å²) in [6.45, 7) is 13.7. The van der Waals surface area contributed by atoms with Crippen molar-refractivity contribution in [3.05, 3.63) is 230 Å². The van der Waals surface area contributed by atoms with Gasteiger partial charge >= 0.3 is 0 Å². The lowest BCUT2D eigenvalue weighted by atomic mass is 9.86. The van der Waals surface area contributed by atoms with Crippen molar-refractivity contribution in [1.29, 1.82) is 0 Å². The van der Waals surface area contributed by atoms with Crippen LogP contribution in [0.25, 0.3) is 111 Å². The lowest BCUT2D eigenvalue weighted by molar-refractivity contribution is 0.591. The number of benzene rings is 9. The van der Waals surface area contributed by atoms with Gasteiger partial charge < -0.3 is 9.13 Å². The van der Waals surface area contributed by atoms with Gasteiger partial charge in [-0.05, 0) is 87.2 Å². The third-order valence-electron chi connectivity index (χ3n) is 14.1. The fraction of sp³-hybridized carbons (Fsp3) is 0.121. The maximum atomic E-state index is 5.64. The van der Waals surface area contributed by atoms with E-state index in [4.69, 9.17) is 9.97 Å². The molecule has 9 aromatic carbocycles. The molecule has 0 radical (unpaired) electrons. The van der Waals surface area contributed by atoms with E-state index in [2.05, 4.69) is 269 Å². The van der Waals surface area contributed by atoms with Gasteiger partial charge in [-0.2, -0.15) is 0 Å². The number of nitrogens with zero attached hydrogens (tertiary/aromatic N) is 4. The molecule has 0 spiro atoms. The van der Waals surface area contributed by atoms with Gasteiger partial charge in [0.05, 0.1) is 44.8 Å². The lowest BCUT2D eigenvalue weighted by Crippen LogP contribution is -2.10. The first-order valence-electron chi connectivity index (χ1n) is 24.4. The van der Waals surface area contributed by atoms with E-state index in [0.29, 0.717) is 5.82 Å². The zero-order chi connectivity index (χ0) is 47.7. The Kier molecular flexibility index (Phi) is 10.3. The molecule has 0 unspecified atom stereocenters. The van der Waals surface area contributed by atoms with E-state index in [1.165, 1.54) is 32.7 Å². The first-order valence-corrected chi connectivity index (χ1v) is 24.4. The molecule has 0 amide bonds. The second-order valence-corrected chi connectivity index (χ2v) is 20.6. The van der Waals surface area contributed by atoms with Gasteiger partial charge in [0.1, 0.15) is 0 Å². The smallest absolute Gasteiger partial charge is 0.160 e. The highest BCUT2D eigenvalue weighted by Crippen LogP contribution is 2.46. The van der Waals surface area contributed by atoms with E-state index in [1.807, 2.05) is 0 Å². The summed E-state index contributed by atoms with van der Waals surface area (Å²) in [6, 6.07) is 79.3. The molecule has 0 saturated heterocycles. The lowest BCUT2D eigenvalue weighted by Gasteiger charge is -2.22. The Morgan fingerprint density at radius 2 is 0.771 bits per heavy atom. The molecular weight excluding hydrogens is 849 g/mol. The molecule has 0 fully saturated rings. The number of fused-ring (bicyclic) bond motifs is 6. The molecule has 4 nitrogen and oxygen atoms in total. The van der Waals surface area contributed by atoms with E-state index in [9.17, 15) is 0 Å². The van der Waals surface area contributed by atoms with E-state index in [-0.39, 0.29) is 10.8 Å². The average Bonchev–Trinajstić information content (AvgIpc) is 3.90. The summed E-state index contributed by atoms with van der Waals surface area (Å²) in [7, 11) is 0. The highest BCUT2D eigenvalue weighted by atomic mass is 15.0. The van der Waals surface area contributed by atoms with Gasteiger partial charge in [0.15, 0.2) is 5.82 Å². The van der Waals surface area contributed by atoms with E-state index in [1.54, 1.807) is 0 Å². The molecule has 0 N–H and O–H groups in total. The molecule has 338 valence electrons. The summed E-state index contributed by atoms with van der Waals surface area (Å²) < 4.78 is 4.93. The molecule has 0 atom stereocenters. The normalized spacial score (nSPS) is 12.1. The van der Waals surface area contributed by atoms with Gasteiger partial charge in [-0.15, -0.1) is 0 Å². The molecule has 12 aromatic rings. The summed E-state index contributed by atoms with van der Waals surface area (Å²) in [4.78, 5) is 11.2. The van der Waals surface area contributed by atoms with Gasteiger partial charge in [-0.25, -0.2) is 9.97 Å². The van der Waals surface area contributed by atoms with Gasteiger partial charge in [-0.3, -0.25) is 0 Å². The number of hydrogen-bond donors (Lipinski definition) is 0. The summed E-state index contributed by atoms with van der Waals surface area (Å²) in [6.07, 6.45) is 0. The molecule has 70 heavy (non-hydrogen) atoms. The average molecular weight is 903 g/mol. The van der Waals surface area contributed by atoms with Crippen LogP contribution >= 0.6 is 0 Å². The Morgan fingerprint density at radius 1 is 0.329 bits per heavy atom. The Bertz CT molecular complexity index is 3940. The van der Waals surface area contributed by atoms with Crippen LogP contribution in [-0.4, -0.2) is 19.1 Å². The third-order valence-corrected chi connectivity index (χ3v) is 14.1. The quantitative estimate of drug-likeness (QED) is 0.160. The van der Waals surface area contributed by atoms with Crippen LogP contribution in [0.15, 0.2) is 218 Å². The minimum Gasteiger partial charge on any atom is -0.309 e. The molecular formula is C66H54N4. The van der Waals surface area contributed by atoms with Crippen molar-refractivity contribution in [2.24, 2.45) is 0 Å². The van der Waals surface area contributed by atoms with Crippen LogP contribution in [0.5, 0.6) is 0 Å². The summed E-state index contributed by atoms with van der Waals surface area (Å²) in [5.41, 5.74) is 18.4. The minimum atomic E-state index is -0.0147. The maximum Gasteiger partial charge on any atom is 0.160 e. The topological polar surface area (TPSA) is 35.6 Å². The molecule has 12 rings (SSSR count). The first-order chi connectivity index (χ1) is 34.0. The SMILES string of the molecule is CC(C)(C)c1ccc2c(c1)c1ccccc1n2-c1cccc(-c2ccccc2)c1-c1cc(-c2cccc(-c3ccccc3)c2-n2c3ccccc3c3cc(C(C)(C)C)ccc32)nc(-c2ccccc2)n1. The predicted octanol–water partition coefficient (Wildman–Crippen LogP) is 17.6. The Morgan fingerprint density at radius 3 is 1.36 bits per heavy atom. The highest BCUT2D eigenvalue weighted by Gasteiger charge is 2.26. The maximum absolute atomic E-state index is 5.64. The predicted molar refractivity (Wildman–Crippen MR) is 295 cm³/mol. The van der Waals surface area contributed by atoms with Crippen molar-refractivity contribution in [3.63, 3.8) is 0 Å². The number of para-hydroxylation sites is 3. The van der Waals surface area contributed by atoms with Gasteiger partial charge in [0, 0.05) is 43.8 Å². The van der Waals surface area contributed by atoms with Crippen LogP contribution in [0.2, 0.25) is 0 Å². The Labute approximate surface area is 410 Å². The zero-order valence-electron chi connectivity index (χ0n) is 40.6. The van der Waals surface area contributed by atoms with E-state index >= 15 is 0 Å². The Hall–Kier alpha value is -8.34. The van der Waals surface area contributed by atoms with Crippen molar-refractivity contribution >= 4 is 43.6 Å². The van der Waals surface area contributed by atoms with Crippen LogP contribution in [-0.2, 0) is 10.8 Å². The van der Waals surface area contributed by atoms with Crippen LogP contribution in [0, 0.1) is 0 Å². The van der Waals surface area contributed by atoms with Crippen LogP contribution in [0.4, 0.5) is 0 Å². The largest absolute Gasteiger partial charge is 0.309 e. The number of hydrogen-bond acceptors (Lipinski definition) is 2. The molecule has 0 saturated carbocycles. The molecule has 4 heteroatoms. The molecule has 0 aliphatic heterocycles. The third kappa shape index (κ3) is 7.30. The molecule has 3 aromatic heterocycles. The van der Waals surface area contributed by atoms with Crippen molar-refractivity contribution in [2.45, 2.75) is 52.4 Å². The second-order valence-electron chi connectivity index (χ2n) is 20.6. The Balaban J connectivity index is 1.20. The summed E-state index contributed by atoms with van der Waals surface area (Å²) in [5, 5.41) is 4.90. The number of aromatic nitrogens is 4. The van der Waals surface area contributed by atoms with Crippen molar-refractivity contribution in [3.8, 4) is 67.5 Å². The van der Waals surface area contributed by atoms with Crippen molar-refractivity contribution in [2.75, 3.05) is 0 Å². The van der Waals surface area contributed by atoms with Crippen LogP contribution in [0.1, 0.15) is 52.7 Å². The first kappa shape index (κ1) is 43.0. The zero-order valence-corrected chi connectivity index (χ0v) is 40.6. The highest BCUT2D eigenvalue weighted by molar-refractivity contribution is 6.12. The number of rotatable bonds is 7. The monoisotopic (exact) mass is 902 g/mol. The van der Waals surface area contributed by atoms with Crippen LogP contribution < -0.4 is 0 Å². The van der Waals surface area contributed by atoms with Crippen molar-refractivity contribution in [1.82, 2.24) is 19.1 Å². The second kappa shape index (κ2) is 16.7. The van der Waals surface area contributed by atoms with Gasteiger partial charge in [-0.1, -0.05) is 211 Å². The summed E-state index contributed by atoms with van der Waals surface area (Å²) >= 11 is 0. The van der Waals surface area contributed by atoms with Gasteiger partial charge in [0.2, 0.25) is 0 Å². The fourth-order valence-electron chi connectivity index (χ4n) is 10.5. The standard InChI is InChI=1S/C66H54N4/c1-65(2,3)46-36-38-59-53(40-46)50-28-16-18-33-57(50)69(59)61-35-21-30-48(43-22-10-7-11-23-43)62(61)56-42-55(67-64(68-56)45-26-14-9-15-27-45)52-32-20-31-49(44-24-12-8-13-25-44)63(52)70-58-34-19-17-29-51(58)54-41-47(66(4,5)6)37-39-60(54)70/h7-42H,1-6H3. The van der Waals surface area contributed by atoms with Gasteiger partial charge in [0.25, 0.3) is 0 Å². The van der Waals surface area contributed by atoms with Crippen LogP contribution in [0.3, 0.4) is 0 Å². The molecule has 0 aliphatic carbocycles. The fourth-order valence-corrected chi connectivity index (χ4v) is 10.5. The molecule has 0 bridgehead atoms. The molecule has 3 heterocycles. The van der Waals surface area contributed by atoms with E-state index in [0.717, 1.165) is 83.8 Å². The van der Waals surface area contributed by atoms with E-state index < -0.39 is 0 Å². The minimum absolute atomic E-state index is 0.00770.